The zero-order chi connectivity index (χ0) is 14.8. The molecule has 1 aromatic rings. The lowest BCUT2D eigenvalue weighted by molar-refractivity contribution is 0.103. The summed E-state index contributed by atoms with van der Waals surface area (Å²) >= 11 is 0. The van der Waals surface area contributed by atoms with Crippen molar-refractivity contribution in [3.8, 4) is 5.75 Å². The van der Waals surface area contributed by atoms with Gasteiger partial charge in [0.1, 0.15) is 5.75 Å². The van der Waals surface area contributed by atoms with Crippen LogP contribution in [0.1, 0.15) is 11.7 Å². The molecule has 112 valence electrons. The zero-order valence-corrected chi connectivity index (χ0v) is 12.1. The second kappa shape index (κ2) is 9.17. The van der Waals surface area contributed by atoms with Gasteiger partial charge in [0.25, 0.3) is 0 Å². The molecular weight excluding hydrogens is 260 g/mol. The van der Waals surface area contributed by atoms with E-state index in [1.54, 1.807) is 21.3 Å². The van der Waals surface area contributed by atoms with E-state index >= 15 is 0 Å². The summed E-state index contributed by atoms with van der Waals surface area (Å²) in [5, 5.41) is 5.44. The minimum absolute atomic E-state index is 0.224. The van der Waals surface area contributed by atoms with E-state index in [9.17, 15) is 4.79 Å². The lowest BCUT2D eigenvalue weighted by atomic mass is 10.1. The fraction of sp³-hybridized carbons (Fsp3) is 0.500. The largest absolute Gasteiger partial charge is 0.497 e. The van der Waals surface area contributed by atoms with Gasteiger partial charge in [-0.25, -0.2) is 4.79 Å². The van der Waals surface area contributed by atoms with Gasteiger partial charge in [0.2, 0.25) is 0 Å². The second-order valence-electron chi connectivity index (χ2n) is 4.13. The Morgan fingerprint density at radius 1 is 1.25 bits per heavy atom. The molecule has 0 aliphatic rings. The molecule has 1 rings (SSSR count). The smallest absolute Gasteiger partial charge is 0.314 e. The minimum atomic E-state index is -0.244. The standard InChI is InChI=1S/C14H22N2O4/c1-18-8-7-15-14(17)16-10-13(20-3)11-5-4-6-12(9-11)19-2/h4-6,9,13H,7-8,10H2,1-3H3,(H2,15,16,17). The Balaban J connectivity index is 2.48. The summed E-state index contributed by atoms with van der Waals surface area (Å²) in [6, 6.07) is 7.33. The molecule has 0 heterocycles. The third-order valence-electron chi connectivity index (χ3n) is 2.79. The fourth-order valence-electron chi connectivity index (χ4n) is 1.69. The maximum atomic E-state index is 11.5. The van der Waals surface area contributed by atoms with Gasteiger partial charge in [0.05, 0.1) is 19.8 Å². The zero-order valence-electron chi connectivity index (χ0n) is 12.1. The van der Waals surface area contributed by atoms with Gasteiger partial charge in [-0.1, -0.05) is 12.1 Å². The summed E-state index contributed by atoms with van der Waals surface area (Å²) in [5.74, 6) is 0.758. The number of carbonyl (C=O) groups excluding carboxylic acids is 1. The molecule has 6 nitrogen and oxygen atoms in total. The van der Waals surface area contributed by atoms with Crippen LogP contribution in [0.2, 0.25) is 0 Å². The molecule has 0 aromatic heterocycles. The third-order valence-corrected chi connectivity index (χ3v) is 2.79. The molecule has 0 radical (unpaired) electrons. The van der Waals surface area contributed by atoms with Crippen LogP contribution in [-0.4, -0.2) is 47.1 Å². The van der Waals surface area contributed by atoms with Crippen molar-refractivity contribution in [2.75, 3.05) is 41.0 Å². The van der Waals surface area contributed by atoms with Crippen molar-refractivity contribution in [3.05, 3.63) is 29.8 Å². The maximum absolute atomic E-state index is 11.5. The fourth-order valence-corrected chi connectivity index (χ4v) is 1.69. The van der Waals surface area contributed by atoms with Crippen LogP contribution in [0.5, 0.6) is 5.75 Å². The minimum Gasteiger partial charge on any atom is -0.497 e. The summed E-state index contributed by atoms with van der Waals surface area (Å²) in [6.45, 7) is 1.33. The Bertz CT molecular complexity index is 412. The maximum Gasteiger partial charge on any atom is 0.314 e. The third kappa shape index (κ3) is 5.46. The molecule has 1 unspecified atom stereocenters. The van der Waals surface area contributed by atoms with Gasteiger partial charge in [-0.3, -0.25) is 0 Å². The SMILES string of the molecule is COCCNC(=O)NCC(OC)c1cccc(OC)c1. The van der Waals surface area contributed by atoms with Crippen LogP contribution in [-0.2, 0) is 9.47 Å². The molecule has 1 atom stereocenters. The van der Waals surface area contributed by atoms with Gasteiger partial charge in [0.15, 0.2) is 0 Å². The number of hydrogen-bond acceptors (Lipinski definition) is 4. The molecule has 0 bridgehead atoms. The molecule has 2 N–H and O–H groups in total. The highest BCUT2D eigenvalue weighted by molar-refractivity contribution is 5.73. The van der Waals surface area contributed by atoms with Crippen LogP contribution in [0.4, 0.5) is 4.79 Å². The number of urea groups is 1. The number of benzene rings is 1. The van der Waals surface area contributed by atoms with E-state index in [1.807, 2.05) is 24.3 Å². The normalized spacial score (nSPS) is 11.8. The van der Waals surface area contributed by atoms with E-state index < -0.39 is 0 Å². The van der Waals surface area contributed by atoms with Gasteiger partial charge < -0.3 is 24.8 Å². The molecule has 20 heavy (non-hydrogen) atoms. The summed E-state index contributed by atoms with van der Waals surface area (Å²) in [6.07, 6.45) is -0.224. The second-order valence-corrected chi connectivity index (χ2v) is 4.13. The topological polar surface area (TPSA) is 68.8 Å². The Kier molecular flexibility index (Phi) is 7.46. The molecule has 0 fully saturated rings. The van der Waals surface area contributed by atoms with Gasteiger partial charge in [-0.05, 0) is 17.7 Å². The van der Waals surface area contributed by atoms with E-state index in [4.69, 9.17) is 14.2 Å². The Labute approximate surface area is 119 Å². The monoisotopic (exact) mass is 282 g/mol. The van der Waals surface area contributed by atoms with Crippen molar-refractivity contribution in [2.24, 2.45) is 0 Å². The van der Waals surface area contributed by atoms with Crippen LogP contribution >= 0.6 is 0 Å². The Morgan fingerprint density at radius 2 is 2.05 bits per heavy atom. The van der Waals surface area contributed by atoms with E-state index in [1.165, 1.54) is 0 Å². The molecule has 1 aromatic carbocycles. The average Bonchev–Trinajstić information content (AvgIpc) is 2.48. The number of methoxy groups -OCH3 is 3. The van der Waals surface area contributed by atoms with Crippen LogP contribution in [0.25, 0.3) is 0 Å². The molecule has 0 aliphatic carbocycles. The van der Waals surface area contributed by atoms with Crippen molar-refractivity contribution in [1.29, 1.82) is 0 Å². The summed E-state index contributed by atoms with van der Waals surface area (Å²) in [4.78, 5) is 11.5. The lowest BCUT2D eigenvalue weighted by Crippen LogP contribution is -2.39. The van der Waals surface area contributed by atoms with Crippen LogP contribution in [0.15, 0.2) is 24.3 Å². The molecule has 0 aliphatic heterocycles. The quantitative estimate of drug-likeness (QED) is 0.706. The Morgan fingerprint density at radius 3 is 2.70 bits per heavy atom. The lowest BCUT2D eigenvalue weighted by Gasteiger charge is -2.17. The van der Waals surface area contributed by atoms with Gasteiger partial charge in [-0.15, -0.1) is 0 Å². The van der Waals surface area contributed by atoms with E-state index in [0.29, 0.717) is 19.7 Å². The van der Waals surface area contributed by atoms with Gasteiger partial charge in [-0.2, -0.15) is 0 Å². The average molecular weight is 282 g/mol. The van der Waals surface area contributed by atoms with E-state index in [2.05, 4.69) is 10.6 Å². The van der Waals surface area contributed by atoms with Gasteiger partial charge in [0, 0.05) is 27.3 Å². The number of nitrogens with one attached hydrogen (secondary N) is 2. The first-order valence-electron chi connectivity index (χ1n) is 6.38. The molecular formula is C14H22N2O4. The molecule has 2 amide bonds. The highest BCUT2D eigenvalue weighted by Crippen LogP contribution is 2.20. The Hall–Kier alpha value is -1.79. The highest BCUT2D eigenvalue weighted by atomic mass is 16.5. The molecule has 0 spiro atoms. The number of rotatable bonds is 8. The first kappa shape index (κ1) is 16.3. The molecule has 0 saturated heterocycles. The molecule has 6 heteroatoms. The predicted molar refractivity (Wildman–Crippen MR) is 76.0 cm³/mol. The van der Waals surface area contributed by atoms with Crippen molar-refractivity contribution < 1.29 is 19.0 Å². The summed E-state index contributed by atoms with van der Waals surface area (Å²) in [5.41, 5.74) is 0.948. The van der Waals surface area contributed by atoms with Crippen molar-refractivity contribution >= 4 is 6.03 Å². The summed E-state index contributed by atoms with van der Waals surface area (Å²) < 4.78 is 15.4. The van der Waals surface area contributed by atoms with E-state index in [0.717, 1.165) is 11.3 Å². The number of ether oxygens (including phenoxy) is 3. The predicted octanol–water partition coefficient (Wildman–Crippen LogP) is 1.33. The number of amides is 2. The number of carbonyl (C=O) groups is 1. The van der Waals surface area contributed by atoms with Gasteiger partial charge >= 0.3 is 6.03 Å². The van der Waals surface area contributed by atoms with Crippen molar-refractivity contribution in [3.63, 3.8) is 0 Å². The van der Waals surface area contributed by atoms with Crippen molar-refractivity contribution in [1.82, 2.24) is 10.6 Å². The van der Waals surface area contributed by atoms with Crippen LogP contribution in [0.3, 0.4) is 0 Å². The number of hydrogen-bond donors (Lipinski definition) is 2. The first-order chi connectivity index (χ1) is 9.71. The van der Waals surface area contributed by atoms with Crippen molar-refractivity contribution in [2.45, 2.75) is 6.10 Å². The highest BCUT2D eigenvalue weighted by Gasteiger charge is 2.12. The molecule has 0 saturated carbocycles. The van der Waals surface area contributed by atoms with Crippen LogP contribution in [0, 0.1) is 0 Å². The van der Waals surface area contributed by atoms with E-state index in [-0.39, 0.29) is 12.1 Å². The van der Waals surface area contributed by atoms with Crippen LogP contribution < -0.4 is 15.4 Å². The summed E-state index contributed by atoms with van der Waals surface area (Å²) in [7, 11) is 4.81. The first-order valence-corrected chi connectivity index (χ1v) is 6.38.